The number of hydrogen-bond acceptors (Lipinski definition) is 6. The van der Waals surface area contributed by atoms with Crippen molar-refractivity contribution in [2.24, 2.45) is 5.92 Å². The summed E-state index contributed by atoms with van der Waals surface area (Å²) in [6.07, 6.45) is 4.72. The van der Waals surface area contributed by atoms with Crippen LogP contribution in [0.1, 0.15) is 65.7 Å². The summed E-state index contributed by atoms with van der Waals surface area (Å²) < 4.78 is 34.0. The fraction of sp³-hybridized carbons (Fsp3) is 0.452. The number of carbonyl (C=O) groups excluding carboxylic acids is 2. The highest BCUT2D eigenvalue weighted by molar-refractivity contribution is 7.93. The molecule has 1 aliphatic heterocycles. The minimum atomic E-state index is -3.88. The van der Waals surface area contributed by atoms with E-state index < -0.39 is 10.0 Å². The van der Waals surface area contributed by atoms with Gasteiger partial charge in [-0.05, 0) is 62.1 Å². The molecule has 1 saturated heterocycles. The van der Waals surface area contributed by atoms with Crippen molar-refractivity contribution in [2.45, 2.75) is 64.8 Å². The molecule has 3 aromatic rings. The zero-order chi connectivity index (χ0) is 30.0. The van der Waals surface area contributed by atoms with Crippen LogP contribution < -0.4 is 4.72 Å². The fourth-order valence-corrected chi connectivity index (χ4v) is 5.58. The van der Waals surface area contributed by atoms with Crippen molar-refractivity contribution in [2.75, 3.05) is 31.0 Å². The second-order valence-electron chi connectivity index (χ2n) is 10.0. The topological polar surface area (TPSA) is 109 Å². The summed E-state index contributed by atoms with van der Waals surface area (Å²) in [5.41, 5.74) is 1.18. The van der Waals surface area contributed by atoms with E-state index in [0.29, 0.717) is 48.9 Å². The summed E-state index contributed by atoms with van der Waals surface area (Å²) in [4.78, 5) is 33.1. The van der Waals surface area contributed by atoms with Gasteiger partial charge in [-0.2, -0.15) is 0 Å². The minimum absolute atomic E-state index is 0. The van der Waals surface area contributed by atoms with Crippen LogP contribution in [-0.4, -0.2) is 67.5 Å². The van der Waals surface area contributed by atoms with Crippen molar-refractivity contribution in [3.05, 3.63) is 66.4 Å². The Hall–Kier alpha value is -3.66. The second-order valence-corrected chi connectivity index (χ2v) is 11.7. The molecule has 0 spiro atoms. The van der Waals surface area contributed by atoms with Gasteiger partial charge in [0.25, 0.3) is 15.9 Å². The highest BCUT2D eigenvalue weighted by Gasteiger charge is 2.32. The lowest BCUT2D eigenvalue weighted by Crippen LogP contribution is -2.55. The number of nitrogens with zero attached hydrogens (tertiary/aromatic N) is 3. The highest BCUT2D eigenvalue weighted by Crippen LogP contribution is 2.29. The van der Waals surface area contributed by atoms with E-state index in [1.54, 1.807) is 64.5 Å². The van der Waals surface area contributed by atoms with E-state index >= 15 is 0 Å². The van der Waals surface area contributed by atoms with Crippen LogP contribution in [0.25, 0.3) is 10.9 Å². The molecule has 5 rings (SSSR count). The number of aromatic nitrogens is 1. The van der Waals surface area contributed by atoms with E-state index in [0.717, 1.165) is 18.2 Å². The molecule has 0 radical (unpaired) electrons. The van der Waals surface area contributed by atoms with Gasteiger partial charge in [-0.3, -0.25) is 14.5 Å². The zero-order valence-corrected chi connectivity index (χ0v) is 25.5. The van der Waals surface area contributed by atoms with Gasteiger partial charge in [0, 0.05) is 49.9 Å². The van der Waals surface area contributed by atoms with Crippen molar-refractivity contribution in [3.8, 4) is 0 Å². The predicted octanol–water partition coefficient (Wildman–Crippen LogP) is 6.42. The van der Waals surface area contributed by atoms with E-state index in [4.69, 9.17) is 4.74 Å². The maximum Gasteiger partial charge on any atom is 0.409 e. The first-order chi connectivity index (χ1) is 19.7. The van der Waals surface area contributed by atoms with Crippen LogP contribution >= 0.6 is 0 Å². The van der Waals surface area contributed by atoms with Crippen LogP contribution in [0.15, 0.2) is 65.7 Å². The molecule has 224 valence electrons. The van der Waals surface area contributed by atoms with E-state index in [9.17, 15) is 18.0 Å². The summed E-state index contributed by atoms with van der Waals surface area (Å²) in [6, 6.07) is 14.7. The van der Waals surface area contributed by atoms with Crippen molar-refractivity contribution >= 4 is 38.6 Å². The number of pyridine rings is 1. The lowest BCUT2D eigenvalue weighted by molar-refractivity contribution is 0.0404. The number of hydrogen-bond donors (Lipinski definition) is 1. The summed E-state index contributed by atoms with van der Waals surface area (Å²) in [6.45, 7) is 11.8. The largest absolute Gasteiger partial charge is 0.449 e. The lowest BCUT2D eigenvalue weighted by atomic mass is 10.1. The number of benzene rings is 2. The van der Waals surface area contributed by atoms with Crippen molar-refractivity contribution in [1.29, 1.82) is 0 Å². The maximum atomic E-state index is 13.1. The monoisotopic (exact) mass is 584 g/mol. The quantitative estimate of drug-likeness (QED) is 0.358. The number of para-hydroxylation sites is 1. The highest BCUT2D eigenvalue weighted by atomic mass is 32.2. The van der Waals surface area contributed by atoms with E-state index in [1.807, 2.05) is 20.8 Å². The summed E-state index contributed by atoms with van der Waals surface area (Å²) in [5, 5.41) is 0.728. The number of rotatable bonds is 6. The molecule has 2 aromatic carbocycles. The van der Waals surface area contributed by atoms with Crippen molar-refractivity contribution < 1.29 is 24.2 Å². The molecule has 2 amide bonds. The minimum Gasteiger partial charge on any atom is -0.449 e. The van der Waals surface area contributed by atoms with Crippen molar-refractivity contribution in [1.82, 2.24) is 14.8 Å². The molecule has 1 aromatic heterocycles. The molecule has 9 nitrogen and oxygen atoms in total. The first-order valence-corrected chi connectivity index (χ1v) is 15.9. The number of sulfonamides is 1. The lowest BCUT2D eigenvalue weighted by Gasteiger charge is -2.39. The Labute approximate surface area is 245 Å². The molecule has 0 unspecified atom stereocenters. The Morgan fingerprint density at radius 2 is 1.68 bits per heavy atom. The van der Waals surface area contributed by atoms with Crippen LogP contribution in [-0.2, 0) is 14.8 Å². The summed E-state index contributed by atoms with van der Waals surface area (Å²) >= 11 is 0. The predicted molar refractivity (Wildman–Crippen MR) is 165 cm³/mol. The Kier molecular flexibility index (Phi) is 11.5. The van der Waals surface area contributed by atoms with E-state index in [2.05, 4.69) is 23.6 Å². The van der Waals surface area contributed by atoms with Crippen LogP contribution in [0.2, 0.25) is 0 Å². The third kappa shape index (κ3) is 8.42. The molecule has 1 saturated carbocycles. The van der Waals surface area contributed by atoms with Gasteiger partial charge >= 0.3 is 6.09 Å². The number of fused-ring (bicyclic) bond motifs is 1. The van der Waals surface area contributed by atoms with Gasteiger partial charge < -0.3 is 14.5 Å². The third-order valence-corrected chi connectivity index (χ3v) is 7.97. The first kappa shape index (κ1) is 31.9. The Morgan fingerprint density at radius 1 is 1.02 bits per heavy atom. The Morgan fingerprint density at radius 3 is 2.32 bits per heavy atom. The van der Waals surface area contributed by atoms with Gasteiger partial charge in [0.15, 0.2) is 0 Å². The SMILES string of the molecule is CC.CCC.C[C@H]1CN(C(=O)OCC2CC2)CCN1C(=O)c1ccc(NS(=O)(=O)c2cccc3cccnc23)cc1.[HH]. The van der Waals surface area contributed by atoms with Crippen LogP contribution in [0, 0.1) is 5.92 Å². The van der Waals surface area contributed by atoms with Gasteiger partial charge in [0.05, 0.1) is 12.1 Å². The second kappa shape index (κ2) is 14.8. The standard InChI is InChI=1S/C26H28N4O5S.C3H8.C2H6.H2/c1-18-16-29(26(32)35-17-19-7-8-19)14-15-30(18)25(31)21-9-11-22(12-10-21)28-36(33,34)23-6-2-4-20-5-3-13-27-24(20)23;1-3-2;1-2;/h2-6,9-13,18-19,28H,7-8,14-17H2,1H3;3H2,1-2H3;1-2H3;1H/t18-;;;/m0.../s1. The third-order valence-electron chi connectivity index (χ3n) is 6.56. The molecule has 41 heavy (non-hydrogen) atoms. The number of nitrogens with one attached hydrogen (secondary N) is 1. The molecule has 2 fully saturated rings. The number of amides is 2. The maximum absolute atomic E-state index is 13.1. The van der Waals surface area contributed by atoms with Gasteiger partial charge in [0.2, 0.25) is 0 Å². The molecule has 1 atom stereocenters. The van der Waals surface area contributed by atoms with Gasteiger partial charge in [0.1, 0.15) is 4.90 Å². The molecular formula is C31H44N4O5S. The summed E-state index contributed by atoms with van der Waals surface area (Å²) in [5.74, 6) is 0.339. The number of anilines is 1. The average molecular weight is 585 g/mol. The molecular weight excluding hydrogens is 540 g/mol. The Bertz CT molecular complexity index is 1410. The molecule has 1 N–H and O–H groups in total. The van der Waals surface area contributed by atoms with Crippen LogP contribution in [0.5, 0.6) is 0 Å². The molecule has 2 heterocycles. The molecule has 0 bridgehead atoms. The van der Waals surface area contributed by atoms with Crippen molar-refractivity contribution in [3.63, 3.8) is 0 Å². The van der Waals surface area contributed by atoms with Gasteiger partial charge in [-0.25, -0.2) is 13.2 Å². The summed E-state index contributed by atoms with van der Waals surface area (Å²) in [7, 11) is -3.88. The van der Waals surface area contributed by atoms with Gasteiger partial charge in [-0.1, -0.05) is 52.3 Å². The molecule has 10 heteroatoms. The number of ether oxygens (including phenoxy) is 1. The van der Waals surface area contributed by atoms with Crippen LogP contribution in [0.4, 0.5) is 10.5 Å². The smallest absolute Gasteiger partial charge is 0.409 e. The zero-order valence-electron chi connectivity index (χ0n) is 24.7. The van der Waals surface area contributed by atoms with Crippen LogP contribution in [0.3, 0.4) is 0 Å². The fourth-order valence-electron chi connectivity index (χ4n) is 4.34. The molecule has 1 aliphatic carbocycles. The Balaban J connectivity index is 0.000000966. The number of carbonyl (C=O) groups is 2. The normalized spacial score (nSPS) is 16.6. The number of piperazine rings is 1. The average Bonchev–Trinajstić information content (AvgIpc) is 3.81. The first-order valence-electron chi connectivity index (χ1n) is 14.4. The van der Waals surface area contributed by atoms with E-state index in [-0.39, 0.29) is 24.4 Å². The van der Waals surface area contributed by atoms with Gasteiger partial charge in [-0.15, -0.1) is 0 Å². The van der Waals surface area contributed by atoms with E-state index in [1.165, 1.54) is 12.5 Å². The molecule has 2 aliphatic rings.